The number of rotatable bonds is 6. The number of benzene rings is 2. The Morgan fingerprint density at radius 2 is 1.46 bits per heavy atom. The van der Waals surface area contributed by atoms with Gasteiger partial charge in [-0.1, -0.05) is 12.1 Å². The van der Waals surface area contributed by atoms with E-state index in [-0.39, 0.29) is 25.9 Å². The van der Waals surface area contributed by atoms with Crippen LogP contribution in [0.1, 0.15) is 18.6 Å². The maximum Gasteiger partial charge on any atom is 0.343 e. The second kappa shape index (κ2) is 9.71. The van der Waals surface area contributed by atoms with Crippen molar-refractivity contribution < 1.29 is 33.8 Å². The number of hydrogen-bond donors (Lipinski definition) is 2. The zero-order chi connectivity index (χ0) is 25.2. The number of likely N-dealkylation sites (tertiary alicyclic amines) is 1. The van der Waals surface area contributed by atoms with Crippen molar-refractivity contribution in [3.8, 4) is 33.9 Å². The summed E-state index contributed by atoms with van der Waals surface area (Å²) in [6.07, 6.45) is 0.305. The molecule has 0 radical (unpaired) electrons. The molecule has 2 N–H and O–H groups in total. The van der Waals surface area contributed by atoms with Crippen molar-refractivity contribution >= 4 is 12.0 Å². The minimum absolute atomic E-state index is 0.152. The van der Waals surface area contributed by atoms with Crippen LogP contribution in [0.4, 0.5) is 4.79 Å². The van der Waals surface area contributed by atoms with Crippen molar-refractivity contribution in [2.75, 3.05) is 34.4 Å². The summed E-state index contributed by atoms with van der Waals surface area (Å²) in [4.78, 5) is 26.2. The molecule has 3 aromatic rings. The highest BCUT2D eigenvalue weighted by Crippen LogP contribution is 2.44. The van der Waals surface area contributed by atoms with Crippen molar-refractivity contribution in [3.63, 3.8) is 0 Å². The van der Waals surface area contributed by atoms with Crippen LogP contribution in [0, 0.1) is 0 Å². The molecule has 2 amide bonds. The van der Waals surface area contributed by atoms with Gasteiger partial charge in [-0.2, -0.15) is 0 Å². The second-order valence-electron chi connectivity index (χ2n) is 8.49. The fraction of sp³-hybridized carbons (Fsp3) is 0.308. The maximum absolute atomic E-state index is 12.6. The summed E-state index contributed by atoms with van der Waals surface area (Å²) in [5, 5.41) is 20.3. The number of furan rings is 1. The van der Waals surface area contributed by atoms with E-state index in [4.69, 9.17) is 13.9 Å². The first-order valence-corrected chi connectivity index (χ1v) is 11.2. The first-order valence-electron chi connectivity index (χ1n) is 11.2. The van der Waals surface area contributed by atoms with Gasteiger partial charge >= 0.3 is 12.0 Å². The molecule has 35 heavy (non-hydrogen) atoms. The SMILES string of the molecule is COc1ccc(-c2cc(C3(C(=O)O)CCN(C(=O)N(C)O)CC3)oc2-c2ccc(OC)cc2)cc1. The Hall–Kier alpha value is -3.98. The molecular weight excluding hydrogens is 452 g/mol. The molecule has 0 unspecified atom stereocenters. The molecule has 9 nitrogen and oxygen atoms in total. The lowest BCUT2D eigenvalue weighted by atomic mass is 9.76. The van der Waals surface area contributed by atoms with Crippen LogP contribution in [-0.4, -0.2) is 66.6 Å². The fourth-order valence-electron chi connectivity index (χ4n) is 4.42. The highest BCUT2D eigenvalue weighted by atomic mass is 16.5. The van der Waals surface area contributed by atoms with Crippen LogP contribution >= 0.6 is 0 Å². The molecule has 1 aliphatic rings. The average molecular weight is 481 g/mol. The van der Waals surface area contributed by atoms with Gasteiger partial charge in [-0.05, 0) is 60.9 Å². The van der Waals surface area contributed by atoms with Crippen molar-refractivity contribution in [1.29, 1.82) is 0 Å². The molecule has 0 atom stereocenters. The van der Waals surface area contributed by atoms with Crippen molar-refractivity contribution in [3.05, 3.63) is 60.4 Å². The summed E-state index contributed by atoms with van der Waals surface area (Å²) >= 11 is 0. The molecule has 0 spiro atoms. The number of methoxy groups -OCH3 is 2. The van der Waals surface area contributed by atoms with Crippen LogP contribution < -0.4 is 9.47 Å². The molecule has 2 heterocycles. The molecule has 1 fully saturated rings. The average Bonchev–Trinajstić information content (AvgIpc) is 3.34. The summed E-state index contributed by atoms with van der Waals surface area (Å²) in [5.41, 5.74) is 1.07. The first-order chi connectivity index (χ1) is 16.8. The quantitative estimate of drug-likeness (QED) is 0.395. The summed E-state index contributed by atoms with van der Waals surface area (Å²) in [6.45, 7) is 0.346. The third-order valence-corrected chi connectivity index (χ3v) is 6.53. The van der Waals surface area contributed by atoms with E-state index in [0.717, 1.165) is 16.7 Å². The van der Waals surface area contributed by atoms with Crippen LogP contribution in [0.5, 0.6) is 11.5 Å². The number of carbonyl (C=O) groups is 2. The highest BCUT2D eigenvalue weighted by Gasteiger charge is 2.47. The number of piperidine rings is 1. The minimum atomic E-state index is -1.31. The number of carboxylic acids is 1. The normalized spacial score (nSPS) is 14.9. The van der Waals surface area contributed by atoms with Crippen LogP contribution in [0.15, 0.2) is 59.0 Å². The Morgan fingerprint density at radius 1 is 0.943 bits per heavy atom. The Balaban J connectivity index is 1.78. The van der Waals surface area contributed by atoms with Gasteiger partial charge in [0.15, 0.2) is 0 Å². The molecular formula is C26H28N2O7. The summed E-state index contributed by atoms with van der Waals surface area (Å²) in [6, 6.07) is 16.0. The largest absolute Gasteiger partial charge is 0.497 e. The predicted molar refractivity (Wildman–Crippen MR) is 128 cm³/mol. The molecule has 1 aromatic heterocycles. The molecule has 0 saturated carbocycles. The number of hydroxylamine groups is 2. The van der Waals surface area contributed by atoms with Crippen LogP contribution in [0.3, 0.4) is 0 Å². The van der Waals surface area contributed by atoms with Gasteiger partial charge in [0.2, 0.25) is 0 Å². The molecule has 9 heteroatoms. The molecule has 1 aliphatic heterocycles. The van der Waals surface area contributed by atoms with Gasteiger partial charge < -0.3 is 23.9 Å². The first kappa shape index (κ1) is 24.2. The molecule has 184 valence electrons. The van der Waals surface area contributed by atoms with Gasteiger partial charge in [0.25, 0.3) is 0 Å². The van der Waals surface area contributed by atoms with Crippen LogP contribution in [-0.2, 0) is 10.2 Å². The van der Waals surface area contributed by atoms with Gasteiger partial charge in [0.05, 0.1) is 14.2 Å². The third-order valence-electron chi connectivity index (χ3n) is 6.53. The number of urea groups is 1. The van der Waals surface area contributed by atoms with E-state index in [1.165, 1.54) is 11.9 Å². The third kappa shape index (κ3) is 4.54. The van der Waals surface area contributed by atoms with Crippen molar-refractivity contribution in [1.82, 2.24) is 9.96 Å². The van der Waals surface area contributed by atoms with E-state index in [1.807, 2.05) is 48.5 Å². The highest BCUT2D eigenvalue weighted by molar-refractivity contribution is 5.86. The number of nitrogens with zero attached hydrogens (tertiary/aromatic N) is 2. The predicted octanol–water partition coefficient (Wildman–Crippen LogP) is 4.49. The zero-order valence-electron chi connectivity index (χ0n) is 19.9. The molecule has 2 aromatic carbocycles. The lowest BCUT2D eigenvalue weighted by Gasteiger charge is -2.38. The number of hydrogen-bond acceptors (Lipinski definition) is 6. The Morgan fingerprint density at radius 3 is 1.91 bits per heavy atom. The standard InChI is InChI=1S/C26H28N2O7/c1-27(32)25(31)28-14-12-26(13-15-28,24(29)30)22-16-21(17-4-8-19(33-2)9-5-17)23(35-22)18-6-10-20(34-3)11-7-18/h4-11,16,32H,12-15H2,1-3H3,(H,29,30). The monoisotopic (exact) mass is 480 g/mol. The number of amides is 2. The number of carboxylic acid groups (broad SMARTS) is 1. The maximum atomic E-state index is 12.6. The van der Waals surface area contributed by atoms with Crippen LogP contribution in [0.2, 0.25) is 0 Å². The lowest BCUT2D eigenvalue weighted by molar-refractivity contribution is -0.146. The van der Waals surface area contributed by atoms with E-state index >= 15 is 0 Å². The number of aliphatic carboxylic acids is 1. The van der Waals surface area contributed by atoms with Gasteiger partial charge in [0, 0.05) is 31.3 Å². The topological polar surface area (TPSA) is 113 Å². The van der Waals surface area contributed by atoms with E-state index < -0.39 is 17.4 Å². The van der Waals surface area contributed by atoms with Crippen LogP contribution in [0.25, 0.3) is 22.5 Å². The van der Waals surface area contributed by atoms with E-state index in [2.05, 4.69) is 0 Å². The minimum Gasteiger partial charge on any atom is -0.497 e. The Kier molecular flexibility index (Phi) is 6.70. The molecule has 0 bridgehead atoms. The molecule has 1 saturated heterocycles. The van der Waals surface area contributed by atoms with Gasteiger partial charge in [-0.3, -0.25) is 10.0 Å². The van der Waals surface area contributed by atoms with Gasteiger partial charge in [-0.15, -0.1) is 0 Å². The number of carbonyl (C=O) groups excluding carboxylic acids is 1. The van der Waals surface area contributed by atoms with Gasteiger partial charge in [0.1, 0.15) is 28.4 Å². The van der Waals surface area contributed by atoms with E-state index in [1.54, 1.807) is 20.3 Å². The Labute approximate surface area is 203 Å². The molecule has 0 aliphatic carbocycles. The van der Waals surface area contributed by atoms with E-state index in [9.17, 15) is 19.9 Å². The number of ether oxygens (including phenoxy) is 2. The summed E-state index contributed by atoms with van der Waals surface area (Å²) < 4.78 is 16.9. The lowest BCUT2D eigenvalue weighted by Crippen LogP contribution is -2.51. The summed E-state index contributed by atoms with van der Waals surface area (Å²) in [5.74, 6) is 1.25. The van der Waals surface area contributed by atoms with Crippen molar-refractivity contribution in [2.45, 2.75) is 18.3 Å². The Bertz CT molecular complexity index is 1130. The second-order valence-corrected chi connectivity index (χ2v) is 8.49. The smallest absolute Gasteiger partial charge is 0.343 e. The molecule has 4 rings (SSSR count). The van der Waals surface area contributed by atoms with Crippen molar-refractivity contribution in [2.24, 2.45) is 0 Å². The van der Waals surface area contributed by atoms with E-state index in [0.29, 0.717) is 28.1 Å². The van der Waals surface area contributed by atoms with Gasteiger partial charge in [-0.25, -0.2) is 9.86 Å². The zero-order valence-corrected chi connectivity index (χ0v) is 19.9. The fourth-order valence-corrected chi connectivity index (χ4v) is 4.42. The summed E-state index contributed by atoms with van der Waals surface area (Å²) in [7, 11) is 4.43.